The Morgan fingerprint density at radius 2 is 1.90 bits per heavy atom. The fraction of sp³-hybridized carbons (Fsp3) is 0.435. The summed E-state index contributed by atoms with van der Waals surface area (Å²) in [5.41, 5.74) is 1.84. The van der Waals surface area contributed by atoms with E-state index < -0.39 is 11.0 Å². The van der Waals surface area contributed by atoms with E-state index in [1.165, 1.54) is 12.1 Å². The third-order valence-corrected chi connectivity index (χ3v) is 6.88. The molecule has 4 atom stereocenters. The highest BCUT2D eigenvalue weighted by Crippen LogP contribution is 2.40. The third kappa shape index (κ3) is 4.66. The molecule has 7 nitrogen and oxygen atoms in total. The van der Waals surface area contributed by atoms with Crippen LogP contribution >= 0.6 is 15.9 Å². The van der Waals surface area contributed by atoms with Crippen molar-refractivity contribution in [2.75, 3.05) is 13.1 Å². The predicted octanol–water partition coefficient (Wildman–Crippen LogP) is 3.90. The maximum atomic E-state index is 13.5. The van der Waals surface area contributed by atoms with Gasteiger partial charge in [-0.1, -0.05) is 47.1 Å². The SMILES string of the molecule is CC1CCC2C(=O)N(Cc3cccc([N+](=O)[O-])c3)CC(O)CN2C1c1ccc(Br)cc1. The number of aliphatic hydroxyl groups excluding tert-OH is 1. The summed E-state index contributed by atoms with van der Waals surface area (Å²) in [4.78, 5) is 28.0. The molecule has 8 heteroatoms. The normalized spacial score (nSPS) is 26.9. The summed E-state index contributed by atoms with van der Waals surface area (Å²) in [5, 5.41) is 21.9. The molecule has 0 aliphatic carbocycles. The van der Waals surface area contributed by atoms with Gasteiger partial charge in [-0.15, -0.1) is 0 Å². The Kier molecular flexibility index (Phi) is 6.41. The van der Waals surface area contributed by atoms with Crippen molar-refractivity contribution in [1.29, 1.82) is 0 Å². The van der Waals surface area contributed by atoms with Crippen LogP contribution in [0.1, 0.15) is 36.9 Å². The van der Waals surface area contributed by atoms with Crippen LogP contribution in [0.25, 0.3) is 0 Å². The molecule has 2 aliphatic rings. The van der Waals surface area contributed by atoms with Gasteiger partial charge in [-0.3, -0.25) is 19.8 Å². The molecule has 0 spiro atoms. The molecular weight excluding hydrogens is 462 g/mol. The fourth-order valence-corrected chi connectivity index (χ4v) is 5.20. The van der Waals surface area contributed by atoms with Gasteiger partial charge in [-0.2, -0.15) is 0 Å². The predicted molar refractivity (Wildman–Crippen MR) is 120 cm³/mol. The number of non-ortho nitro benzene ring substituents is 1. The van der Waals surface area contributed by atoms with Gasteiger partial charge in [0, 0.05) is 42.3 Å². The van der Waals surface area contributed by atoms with Gasteiger partial charge in [-0.05, 0) is 42.0 Å². The van der Waals surface area contributed by atoms with Crippen LogP contribution in [-0.4, -0.2) is 51.0 Å². The van der Waals surface area contributed by atoms with E-state index in [9.17, 15) is 20.0 Å². The maximum absolute atomic E-state index is 13.5. The van der Waals surface area contributed by atoms with E-state index in [0.717, 1.165) is 22.9 Å². The monoisotopic (exact) mass is 487 g/mol. The summed E-state index contributed by atoms with van der Waals surface area (Å²) in [7, 11) is 0. The van der Waals surface area contributed by atoms with Gasteiger partial charge in [-0.25, -0.2) is 0 Å². The highest BCUT2D eigenvalue weighted by Gasteiger charge is 2.44. The van der Waals surface area contributed by atoms with Gasteiger partial charge < -0.3 is 10.0 Å². The second kappa shape index (κ2) is 9.06. The topological polar surface area (TPSA) is 86.9 Å². The Morgan fingerprint density at radius 1 is 1.16 bits per heavy atom. The Bertz CT molecular complexity index is 968. The number of carbonyl (C=O) groups excluding carboxylic acids is 1. The van der Waals surface area contributed by atoms with Crippen LogP contribution in [0.15, 0.2) is 53.0 Å². The van der Waals surface area contributed by atoms with E-state index in [2.05, 4.69) is 39.9 Å². The average molecular weight is 488 g/mol. The zero-order valence-corrected chi connectivity index (χ0v) is 18.9. The lowest BCUT2D eigenvalue weighted by Crippen LogP contribution is -2.51. The van der Waals surface area contributed by atoms with Crippen LogP contribution in [-0.2, 0) is 11.3 Å². The van der Waals surface area contributed by atoms with E-state index in [1.807, 2.05) is 12.1 Å². The number of rotatable bonds is 4. The van der Waals surface area contributed by atoms with Gasteiger partial charge in [0.1, 0.15) is 0 Å². The molecule has 0 bridgehead atoms. The number of hydrogen-bond donors (Lipinski definition) is 1. The summed E-state index contributed by atoms with van der Waals surface area (Å²) in [6, 6.07) is 14.3. The minimum Gasteiger partial charge on any atom is -0.390 e. The van der Waals surface area contributed by atoms with E-state index in [4.69, 9.17) is 0 Å². The smallest absolute Gasteiger partial charge is 0.269 e. The standard InChI is InChI=1S/C23H26BrN3O4/c1-15-5-10-21-23(29)25(12-16-3-2-4-19(11-16)27(30)31)13-20(28)14-26(21)22(15)17-6-8-18(24)9-7-17/h2-4,6-9,11,15,20-22,28H,5,10,12-14H2,1H3. The van der Waals surface area contributed by atoms with Gasteiger partial charge in [0.2, 0.25) is 5.91 Å². The Hall–Kier alpha value is -2.29. The maximum Gasteiger partial charge on any atom is 0.269 e. The molecule has 2 saturated heterocycles. The molecule has 2 aromatic rings. The van der Waals surface area contributed by atoms with E-state index in [0.29, 0.717) is 18.0 Å². The number of benzene rings is 2. The Labute approximate surface area is 189 Å². The van der Waals surface area contributed by atoms with Crippen molar-refractivity contribution in [3.8, 4) is 0 Å². The molecule has 0 aromatic heterocycles. The highest BCUT2D eigenvalue weighted by molar-refractivity contribution is 9.10. The van der Waals surface area contributed by atoms with Crippen molar-refractivity contribution in [2.24, 2.45) is 5.92 Å². The van der Waals surface area contributed by atoms with Crippen molar-refractivity contribution >= 4 is 27.5 Å². The molecule has 0 radical (unpaired) electrons. The summed E-state index contributed by atoms with van der Waals surface area (Å²) < 4.78 is 1.01. The number of aliphatic hydroxyl groups is 1. The highest BCUT2D eigenvalue weighted by atomic mass is 79.9. The zero-order valence-electron chi connectivity index (χ0n) is 17.4. The summed E-state index contributed by atoms with van der Waals surface area (Å²) in [6.45, 7) is 3.09. The lowest BCUT2D eigenvalue weighted by atomic mass is 9.82. The molecule has 164 valence electrons. The van der Waals surface area contributed by atoms with Crippen LogP contribution in [0.4, 0.5) is 5.69 Å². The number of halogens is 1. The molecule has 1 N–H and O–H groups in total. The van der Waals surface area contributed by atoms with Gasteiger partial charge in [0.15, 0.2) is 0 Å². The molecule has 0 saturated carbocycles. The first-order valence-corrected chi connectivity index (χ1v) is 11.3. The molecule has 2 aliphatic heterocycles. The number of fused-ring (bicyclic) bond motifs is 1. The molecule has 2 aromatic carbocycles. The van der Waals surface area contributed by atoms with Crippen molar-refractivity contribution < 1.29 is 14.8 Å². The van der Waals surface area contributed by atoms with Crippen LogP contribution < -0.4 is 0 Å². The van der Waals surface area contributed by atoms with Gasteiger partial charge in [0.25, 0.3) is 5.69 Å². The van der Waals surface area contributed by atoms with Crippen molar-refractivity contribution in [2.45, 2.75) is 44.5 Å². The number of piperidine rings is 1. The van der Waals surface area contributed by atoms with Crippen LogP contribution in [0.5, 0.6) is 0 Å². The van der Waals surface area contributed by atoms with E-state index in [-0.39, 0.29) is 36.8 Å². The molecule has 1 amide bonds. The number of amides is 1. The number of β-amino-alcohol motifs (C(OH)–C–C–N with tert-alkyl or cyclic N) is 1. The van der Waals surface area contributed by atoms with Crippen LogP contribution in [0, 0.1) is 16.0 Å². The van der Waals surface area contributed by atoms with Crippen LogP contribution in [0.3, 0.4) is 0 Å². The molecule has 4 unspecified atom stereocenters. The van der Waals surface area contributed by atoms with Crippen molar-refractivity contribution in [1.82, 2.24) is 9.80 Å². The zero-order chi connectivity index (χ0) is 22.1. The number of nitro groups is 1. The van der Waals surface area contributed by atoms with E-state index >= 15 is 0 Å². The van der Waals surface area contributed by atoms with Gasteiger partial charge in [0.05, 0.1) is 17.1 Å². The quantitative estimate of drug-likeness (QED) is 0.521. The van der Waals surface area contributed by atoms with Crippen LogP contribution in [0.2, 0.25) is 0 Å². The number of carbonyl (C=O) groups is 1. The summed E-state index contributed by atoms with van der Waals surface area (Å²) in [6.07, 6.45) is 0.982. The van der Waals surface area contributed by atoms with Gasteiger partial charge >= 0.3 is 0 Å². The molecular formula is C23H26BrN3O4. The fourth-order valence-electron chi connectivity index (χ4n) is 4.94. The Morgan fingerprint density at radius 3 is 2.61 bits per heavy atom. The average Bonchev–Trinajstić information content (AvgIpc) is 2.85. The lowest BCUT2D eigenvalue weighted by molar-refractivity contribution is -0.384. The number of hydrogen-bond acceptors (Lipinski definition) is 5. The summed E-state index contributed by atoms with van der Waals surface area (Å²) in [5.74, 6) is 0.345. The first-order valence-electron chi connectivity index (χ1n) is 10.5. The minimum absolute atomic E-state index is 0.00346. The first-order chi connectivity index (χ1) is 14.8. The minimum atomic E-state index is -0.684. The number of nitrogens with zero attached hydrogens (tertiary/aromatic N) is 3. The van der Waals surface area contributed by atoms with E-state index in [1.54, 1.807) is 17.0 Å². The second-order valence-electron chi connectivity index (χ2n) is 8.56. The molecule has 2 fully saturated rings. The molecule has 31 heavy (non-hydrogen) atoms. The Balaban J connectivity index is 1.60. The number of nitro benzene ring substituents is 1. The first kappa shape index (κ1) is 21.9. The largest absolute Gasteiger partial charge is 0.390 e. The van der Waals surface area contributed by atoms with Crippen molar-refractivity contribution in [3.05, 3.63) is 74.2 Å². The lowest BCUT2D eigenvalue weighted by Gasteiger charge is -2.44. The second-order valence-corrected chi connectivity index (χ2v) is 9.48. The third-order valence-electron chi connectivity index (χ3n) is 6.35. The van der Waals surface area contributed by atoms with Crippen molar-refractivity contribution in [3.63, 3.8) is 0 Å². The summed E-state index contributed by atoms with van der Waals surface area (Å²) >= 11 is 3.48. The molecule has 2 heterocycles. The molecule has 4 rings (SSSR count).